The zero-order valence-corrected chi connectivity index (χ0v) is 13.4. The Bertz CT molecular complexity index is 737. The third-order valence-electron chi connectivity index (χ3n) is 2.90. The van der Waals surface area contributed by atoms with E-state index in [0.717, 1.165) is 10.4 Å². The minimum Gasteiger partial charge on any atom is -0.274 e. The van der Waals surface area contributed by atoms with E-state index in [1.165, 1.54) is 11.3 Å². The summed E-state index contributed by atoms with van der Waals surface area (Å²) in [7, 11) is -3.78. The number of pyridine rings is 1. The van der Waals surface area contributed by atoms with Crippen LogP contribution < -0.4 is 4.72 Å². The Kier molecular flexibility index (Phi) is 4.74. The van der Waals surface area contributed by atoms with Crippen LogP contribution in [0, 0.1) is 13.8 Å². The van der Waals surface area contributed by atoms with E-state index >= 15 is 0 Å². The summed E-state index contributed by atoms with van der Waals surface area (Å²) < 4.78 is 26.4. The number of carbonyl (C=O) groups excluding carboxylic acids is 1. The van der Waals surface area contributed by atoms with Crippen molar-refractivity contribution in [3.63, 3.8) is 0 Å². The van der Waals surface area contributed by atoms with Crippen LogP contribution >= 0.6 is 11.3 Å². The van der Waals surface area contributed by atoms with E-state index in [9.17, 15) is 13.2 Å². The molecule has 0 saturated carbocycles. The van der Waals surface area contributed by atoms with Crippen LogP contribution in [0.25, 0.3) is 0 Å². The number of thiophene rings is 1. The van der Waals surface area contributed by atoms with E-state index in [0.29, 0.717) is 11.3 Å². The second kappa shape index (κ2) is 6.36. The van der Waals surface area contributed by atoms with Crippen molar-refractivity contribution in [2.75, 3.05) is 0 Å². The molecule has 0 radical (unpaired) electrons. The minimum absolute atomic E-state index is 0.104. The highest BCUT2D eigenvalue weighted by atomic mass is 32.2. The number of rotatable bonds is 5. The number of aryl methyl sites for hydroxylation is 3. The maximum absolute atomic E-state index is 12.2. The Morgan fingerprint density at radius 3 is 2.71 bits per heavy atom. The monoisotopic (exact) mass is 324 g/mol. The van der Waals surface area contributed by atoms with Gasteiger partial charge in [0.1, 0.15) is 4.90 Å². The fraction of sp³-hybridized carbons (Fsp3) is 0.286. The highest BCUT2D eigenvalue weighted by Gasteiger charge is 2.21. The lowest BCUT2D eigenvalue weighted by atomic mass is 10.1. The van der Waals surface area contributed by atoms with Gasteiger partial charge in [-0.15, -0.1) is 11.3 Å². The Hall–Kier alpha value is -1.73. The van der Waals surface area contributed by atoms with Crippen molar-refractivity contribution in [3.05, 3.63) is 45.9 Å². The molecule has 0 aliphatic rings. The van der Waals surface area contributed by atoms with E-state index in [1.807, 2.05) is 13.0 Å². The molecule has 112 valence electrons. The van der Waals surface area contributed by atoms with Gasteiger partial charge >= 0.3 is 0 Å². The van der Waals surface area contributed by atoms with Crippen LogP contribution in [-0.2, 0) is 21.2 Å². The summed E-state index contributed by atoms with van der Waals surface area (Å²) in [6.07, 6.45) is 3.87. The van der Waals surface area contributed by atoms with Gasteiger partial charge in [-0.3, -0.25) is 9.78 Å². The zero-order valence-electron chi connectivity index (χ0n) is 11.8. The predicted octanol–water partition coefficient (Wildman–Crippen LogP) is 2.20. The molecule has 21 heavy (non-hydrogen) atoms. The molecular weight excluding hydrogens is 308 g/mol. The number of nitrogens with zero attached hydrogens (tertiary/aromatic N) is 1. The van der Waals surface area contributed by atoms with Crippen molar-refractivity contribution in [1.82, 2.24) is 9.71 Å². The average molecular weight is 324 g/mol. The summed E-state index contributed by atoms with van der Waals surface area (Å²) in [6, 6.07) is 5.21. The lowest BCUT2D eigenvalue weighted by Gasteiger charge is -2.06. The van der Waals surface area contributed by atoms with Crippen molar-refractivity contribution in [2.24, 2.45) is 0 Å². The van der Waals surface area contributed by atoms with Crippen molar-refractivity contribution in [3.8, 4) is 0 Å². The number of aromatic nitrogens is 1. The summed E-state index contributed by atoms with van der Waals surface area (Å²) in [4.78, 5) is 17.5. The topological polar surface area (TPSA) is 76.1 Å². The largest absolute Gasteiger partial charge is 0.274 e. The Balaban J connectivity index is 2.00. The lowest BCUT2D eigenvalue weighted by Crippen LogP contribution is -2.30. The molecule has 0 aliphatic heterocycles. The number of sulfonamides is 1. The van der Waals surface area contributed by atoms with Crippen molar-refractivity contribution < 1.29 is 13.2 Å². The lowest BCUT2D eigenvalue weighted by molar-refractivity contribution is -0.119. The number of carbonyl (C=O) groups is 1. The first-order valence-electron chi connectivity index (χ1n) is 6.40. The van der Waals surface area contributed by atoms with Crippen LogP contribution in [0.15, 0.2) is 35.5 Å². The Morgan fingerprint density at radius 1 is 1.38 bits per heavy atom. The molecule has 1 N–H and O–H groups in total. The Labute approximate surface area is 128 Å². The van der Waals surface area contributed by atoms with Crippen LogP contribution in [0.5, 0.6) is 0 Å². The SMILES string of the molecule is Cc1cc(S(=O)(=O)NC(=O)CCc2cccnc2)c(C)s1. The van der Waals surface area contributed by atoms with Gasteiger partial charge in [0.15, 0.2) is 0 Å². The first-order chi connectivity index (χ1) is 9.88. The molecule has 0 fully saturated rings. The van der Waals surface area contributed by atoms with Gasteiger partial charge in [-0.1, -0.05) is 6.07 Å². The summed E-state index contributed by atoms with van der Waals surface area (Å²) in [6.45, 7) is 3.56. The molecule has 0 aliphatic carbocycles. The van der Waals surface area contributed by atoms with E-state index in [2.05, 4.69) is 9.71 Å². The number of amides is 1. The molecule has 7 heteroatoms. The van der Waals surface area contributed by atoms with E-state index in [-0.39, 0.29) is 11.3 Å². The molecule has 0 atom stereocenters. The van der Waals surface area contributed by atoms with Crippen LogP contribution in [0.4, 0.5) is 0 Å². The van der Waals surface area contributed by atoms with Gasteiger partial charge in [-0.2, -0.15) is 0 Å². The fourth-order valence-corrected chi connectivity index (χ4v) is 4.50. The maximum Gasteiger partial charge on any atom is 0.265 e. The van der Waals surface area contributed by atoms with Crippen molar-refractivity contribution in [2.45, 2.75) is 31.6 Å². The van der Waals surface area contributed by atoms with Crippen molar-refractivity contribution in [1.29, 1.82) is 0 Å². The molecule has 0 saturated heterocycles. The quantitative estimate of drug-likeness (QED) is 0.915. The fourth-order valence-electron chi connectivity index (χ4n) is 1.93. The van der Waals surface area contributed by atoms with E-state index in [1.54, 1.807) is 31.5 Å². The number of hydrogen-bond acceptors (Lipinski definition) is 5. The summed E-state index contributed by atoms with van der Waals surface area (Å²) in [5, 5.41) is 0. The molecule has 2 rings (SSSR count). The van der Waals surface area contributed by atoms with Crippen molar-refractivity contribution >= 4 is 27.3 Å². The summed E-state index contributed by atoms with van der Waals surface area (Å²) >= 11 is 1.39. The molecule has 2 heterocycles. The highest BCUT2D eigenvalue weighted by Crippen LogP contribution is 2.24. The summed E-state index contributed by atoms with van der Waals surface area (Å²) in [5.41, 5.74) is 0.896. The Morgan fingerprint density at radius 2 is 2.14 bits per heavy atom. The van der Waals surface area contributed by atoms with Crippen LogP contribution in [0.2, 0.25) is 0 Å². The molecule has 0 unspecified atom stereocenters. The molecule has 0 aromatic carbocycles. The normalized spacial score (nSPS) is 11.3. The molecule has 2 aromatic heterocycles. The zero-order chi connectivity index (χ0) is 15.5. The van der Waals surface area contributed by atoms with Gasteiger partial charge in [-0.05, 0) is 38.0 Å². The van der Waals surface area contributed by atoms with Gasteiger partial charge in [0.25, 0.3) is 10.0 Å². The molecule has 2 aromatic rings. The van der Waals surface area contributed by atoms with Gasteiger partial charge < -0.3 is 0 Å². The predicted molar refractivity (Wildman–Crippen MR) is 81.7 cm³/mol. The second-order valence-corrected chi connectivity index (χ2v) is 7.78. The maximum atomic E-state index is 12.2. The number of nitrogens with one attached hydrogen (secondary N) is 1. The third-order valence-corrected chi connectivity index (χ3v) is 5.49. The van der Waals surface area contributed by atoms with Gasteiger partial charge in [0.2, 0.25) is 5.91 Å². The van der Waals surface area contributed by atoms with Gasteiger partial charge in [0.05, 0.1) is 0 Å². The third kappa shape index (κ3) is 4.12. The molecule has 5 nitrogen and oxygen atoms in total. The first kappa shape index (κ1) is 15.7. The number of hydrogen-bond donors (Lipinski definition) is 1. The standard InChI is InChI=1S/C14H16N2O3S2/c1-10-8-13(11(2)20-10)21(18,19)16-14(17)6-5-12-4-3-7-15-9-12/h3-4,7-9H,5-6H2,1-2H3,(H,16,17). The highest BCUT2D eigenvalue weighted by molar-refractivity contribution is 7.90. The van der Waals surface area contributed by atoms with Gasteiger partial charge in [0, 0.05) is 28.6 Å². The molecule has 1 amide bonds. The summed E-state index contributed by atoms with van der Waals surface area (Å²) in [5.74, 6) is -0.512. The average Bonchev–Trinajstić information content (AvgIpc) is 2.77. The minimum atomic E-state index is -3.78. The molecule has 0 bridgehead atoms. The van der Waals surface area contributed by atoms with E-state index in [4.69, 9.17) is 0 Å². The van der Waals surface area contributed by atoms with Gasteiger partial charge in [-0.25, -0.2) is 13.1 Å². The second-order valence-electron chi connectivity index (χ2n) is 4.67. The van der Waals surface area contributed by atoms with Crippen LogP contribution in [0.3, 0.4) is 0 Å². The molecular formula is C14H16N2O3S2. The first-order valence-corrected chi connectivity index (χ1v) is 8.70. The molecule has 0 spiro atoms. The van der Waals surface area contributed by atoms with E-state index < -0.39 is 15.9 Å². The smallest absolute Gasteiger partial charge is 0.265 e. The van der Waals surface area contributed by atoms with Crippen LogP contribution in [-0.4, -0.2) is 19.3 Å². The van der Waals surface area contributed by atoms with Crippen LogP contribution in [0.1, 0.15) is 21.7 Å².